The molecule has 4 heterocycles. The summed E-state index contributed by atoms with van der Waals surface area (Å²) in [6.45, 7) is 7.18. The van der Waals surface area contributed by atoms with Gasteiger partial charge in [-0.3, -0.25) is 4.68 Å². The van der Waals surface area contributed by atoms with Crippen LogP contribution in [0.25, 0.3) is 33.5 Å². The van der Waals surface area contributed by atoms with Gasteiger partial charge in [0.15, 0.2) is 0 Å². The molecule has 0 saturated carbocycles. The van der Waals surface area contributed by atoms with Gasteiger partial charge in [0.05, 0.1) is 36.3 Å². The Bertz CT molecular complexity index is 1150. The summed E-state index contributed by atoms with van der Waals surface area (Å²) in [6.07, 6.45) is 3.79. The Morgan fingerprint density at radius 2 is 2.07 bits per heavy atom. The normalized spacial score (nSPS) is 17.2. The average molecular weight is 388 g/mol. The number of hydrogen-bond donors (Lipinski definition) is 1. The van der Waals surface area contributed by atoms with Crippen LogP contribution < -0.4 is 4.90 Å². The molecule has 1 atom stereocenters. The van der Waals surface area contributed by atoms with E-state index in [2.05, 4.69) is 59.2 Å². The average Bonchev–Trinajstić information content (AvgIpc) is 3.42. The van der Waals surface area contributed by atoms with Crippen molar-refractivity contribution in [3.63, 3.8) is 0 Å². The Morgan fingerprint density at radius 1 is 1.17 bits per heavy atom. The second kappa shape index (κ2) is 7.33. The molecule has 29 heavy (non-hydrogen) atoms. The molecule has 1 aliphatic rings. The van der Waals surface area contributed by atoms with Crippen molar-refractivity contribution in [3.8, 4) is 22.6 Å². The maximum absolute atomic E-state index is 5.62. The lowest BCUT2D eigenvalue weighted by Gasteiger charge is -2.33. The molecule has 0 radical (unpaired) electrons. The van der Waals surface area contributed by atoms with Crippen molar-refractivity contribution in [2.24, 2.45) is 0 Å². The maximum Gasteiger partial charge on any atom is 0.226 e. The summed E-state index contributed by atoms with van der Waals surface area (Å²) < 4.78 is 7.59. The van der Waals surface area contributed by atoms with Crippen LogP contribution in [0.1, 0.15) is 13.8 Å². The SMILES string of the molecule is CCn1nccc1-c1cc(-c2cccc3[nH]ccc23)nc(N2CCOCC2C)n1. The van der Waals surface area contributed by atoms with E-state index in [1.54, 1.807) is 0 Å². The van der Waals surface area contributed by atoms with Crippen molar-refractivity contribution in [2.75, 3.05) is 24.7 Å². The summed E-state index contributed by atoms with van der Waals surface area (Å²) in [4.78, 5) is 15.5. The molecular formula is C22H24N6O. The van der Waals surface area contributed by atoms with E-state index in [0.717, 1.165) is 52.6 Å². The highest BCUT2D eigenvalue weighted by Gasteiger charge is 2.23. The Balaban J connectivity index is 1.71. The van der Waals surface area contributed by atoms with Crippen LogP contribution in [0, 0.1) is 0 Å². The second-order valence-corrected chi connectivity index (χ2v) is 7.33. The third-order valence-corrected chi connectivity index (χ3v) is 5.49. The van der Waals surface area contributed by atoms with E-state index in [9.17, 15) is 0 Å². The van der Waals surface area contributed by atoms with Crippen molar-refractivity contribution < 1.29 is 4.74 Å². The van der Waals surface area contributed by atoms with Gasteiger partial charge in [0.1, 0.15) is 0 Å². The lowest BCUT2D eigenvalue weighted by atomic mass is 10.1. The smallest absolute Gasteiger partial charge is 0.226 e. The molecule has 1 aliphatic heterocycles. The number of morpholine rings is 1. The molecule has 1 N–H and O–H groups in total. The molecule has 1 saturated heterocycles. The molecule has 7 nitrogen and oxygen atoms in total. The lowest BCUT2D eigenvalue weighted by Crippen LogP contribution is -2.44. The number of ether oxygens (including phenoxy) is 1. The van der Waals surface area contributed by atoms with E-state index in [4.69, 9.17) is 14.7 Å². The fraction of sp³-hybridized carbons (Fsp3) is 0.318. The fourth-order valence-electron chi connectivity index (χ4n) is 3.97. The molecule has 0 aliphatic carbocycles. The van der Waals surface area contributed by atoms with Gasteiger partial charge in [-0.2, -0.15) is 5.10 Å². The van der Waals surface area contributed by atoms with Crippen LogP contribution in [-0.4, -0.2) is 50.5 Å². The molecule has 1 unspecified atom stereocenters. The molecule has 0 amide bonds. The Morgan fingerprint density at radius 3 is 2.93 bits per heavy atom. The summed E-state index contributed by atoms with van der Waals surface area (Å²) in [5, 5.41) is 5.58. The highest BCUT2D eigenvalue weighted by molar-refractivity contribution is 5.94. The van der Waals surface area contributed by atoms with Gasteiger partial charge in [0.2, 0.25) is 5.95 Å². The quantitative estimate of drug-likeness (QED) is 0.577. The number of anilines is 1. The van der Waals surface area contributed by atoms with Crippen LogP contribution in [0.5, 0.6) is 0 Å². The Labute approximate surface area is 169 Å². The maximum atomic E-state index is 5.62. The van der Waals surface area contributed by atoms with E-state index in [0.29, 0.717) is 13.2 Å². The number of aromatic nitrogens is 5. The van der Waals surface area contributed by atoms with Gasteiger partial charge in [-0.25, -0.2) is 9.97 Å². The topological polar surface area (TPSA) is 71.9 Å². The zero-order valence-electron chi connectivity index (χ0n) is 16.7. The molecule has 0 bridgehead atoms. The number of rotatable bonds is 4. The Hall–Kier alpha value is -3.19. The molecular weight excluding hydrogens is 364 g/mol. The zero-order chi connectivity index (χ0) is 19.8. The van der Waals surface area contributed by atoms with Crippen LogP contribution >= 0.6 is 0 Å². The molecule has 7 heteroatoms. The first-order valence-electron chi connectivity index (χ1n) is 10.1. The summed E-state index contributed by atoms with van der Waals surface area (Å²) in [5.41, 5.74) is 4.99. The van der Waals surface area contributed by atoms with Crippen molar-refractivity contribution in [1.29, 1.82) is 0 Å². The molecule has 4 aromatic rings. The fourth-order valence-corrected chi connectivity index (χ4v) is 3.97. The number of nitrogens with zero attached hydrogens (tertiary/aromatic N) is 5. The minimum absolute atomic E-state index is 0.228. The molecule has 3 aromatic heterocycles. The van der Waals surface area contributed by atoms with Gasteiger partial charge in [-0.05, 0) is 38.1 Å². The minimum atomic E-state index is 0.228. The lowest BCUT2D eigenvalue weighted by molar-refractivity contribution is 0.0981. The monoisotopic (exact) mass is 388 g/mol. The predicted molar refractivity (Wildman–Crippen MR) is 114 cm³/mol. The van der Waals surface area contributed by atoms with Crippen LogP contribution in [0.15, 0.2) is 48.8 Å². The van der Waals surface area contributed by atoms with Gasteiger partial charge < -0.3 is 14.6 Å². The zero-order valence-corrected chi connectivity index (χ0v) is 16.7. The highest BCUT2D eigenvalue weighted by atomic mass is 16.5. The molecule has 0 spiro atoms. The van der Waals surface area contributed by atoms with E-state index in [-0.39, 0.29) is 6.04 Å². The van der Waals surface area contributed by atoms with Crippen LogP contribution in [0.4, 0.5) is 5.95 Å². The first kappa shape index (κ1) is 17.9. The number of H-pyrrole nitrogens is 1. The first-order valence-corrected chi connectivity index (χ1v) is 10.1. The molecule has 1 aromatic carbocycles. The van der Waals surface area contributed by atoms with E-state index < -0.39 is 0 Å². The van der Waals surface area contributed by atoms with Crippen molar-refractivity contribution in [1.82, 2.24) is 24.7 Å². The van der Waals surface area contributed by atoms with Crippen LogP contribution in [-0.2, 0) is 11.3 Å². The number of hydrogen-bond acceptors (Lipinski definition) is 5. The van der Waals surface area contributed by atoms with Gasteiger partial charge in [-0.15, -0.1) is 0 Å². The van der Waals surface area contributed by atoms with Gasteiger partial charge in [0, 0.05) is 41.9 Å². The van der Waals surface area contributed by atoms with Crippen molar-refractivity contribution in [3.05, 3.63) is 48.8 Å². The Kier molecular flexibility index (Phi) is 4.52. The molecule has 5 rings (SSSR count). The summed E-state index contributed by atoms with van der Waals surface area (Å²) in [7, 11) is 0. The third-order valence-electron chi connectivity index (χ3n) is 5.49. The number of aromatic amines is 1. The molecule has 1 fully saturated rings. The number of nitrogens with one attached hydrogen (secondary N) is 1. The summed E-state index contributed by atoms with van der Waals surface area (Å²) in [5.74, 6) is 0.740. The van der Waals surface area contributed by atoms with Gasteiger partial charge in [-0.1, -0.05) is 12.1 Å². The number of aryl methyl sites for hydroxylation is 1. The summed E-state index contributed by atoms with van der Waals surface area (Å²) >= 11 is 0. The second-order valence-electron chi connectivity index (χ2n) is 7.33. The van der Waals surface area contributed by atoms with Gasteiger partial charge in [0.25, 0.3) is 0 Å². The summed E-state index contributed by atoms with van der Waals surface area (Å²) in [6, 6.07) is 12.7. The minimum Gasteiger partial charge on any atom is -0.377 e. The van der Waals surface area contributed by atoms with Gasteiger partial charge >= 0.3 is 0 Å². The van der Waals surface area contributed by atoms with Crippen LogP contribution in [0.2, 0.25) is 0 Å². The third kappa shape index (κ3) is 3.17. The standard InChI is InChI=1S/C22H24N6O/c1-3-28-21(8-10-24-28)20-13-19(16-5-4-6-18-17(16)7-9-23-18)25-22(26-20)27-11-12-29-14-15(27)2/h4-10,13,15,23H,3,11-12,14H2,1-2H3. The number of fused-ring (bicyclic) bond motifs is 1. The van der Waals surface area contributed by atoms with E-state index in [1.807, 2.05) is 23.1 Å². The predicted octanol–water partition coefficient (Wildman–Crippen LogP) is 3.73. The first-order chi connectivity index (χ1) is 14.2. The number of benzene rings is 1. The van der Waals surface area contributed by atoms with E-state index in [1.165, 1.54) is 0 Å². The highest BCUT2D eigenvalue weighted by Crippen LogP contribution is 2.31. The largest absolute Gasteiger partial charge is 0.377 e. The molecule has 148 valence electrons. The van der Waals surface area contributed by atoms with Crippen molar-refractivity contribution in [2.45, 2.75) is 26.4 Å². The van der Waals surface area contributed by atoms with Crippen LogP contribution in [0.3, 0.4) is 0 Å². The van der Waals surface area contributed by atoms with E-state index >= 15 is 0 Å². The van der Waals surface area contributed by atoms with Crippen molar-refractivity contribution >= 4 is 16.9 Å².